The highest BCUT2D eigenvalue weighted by molar-refractivity contribution is 9.10. The molecule has 1 aliphatic carbocycles. The van der Waals surface area contributed by atoms with E-state index < -0.39 is 6.04 Å². The topological polar surface area (TPSA) is 49.4 Å². The Bertz CT molecular complexity index is 838. The maximum Gasteiger partial charge on any atom is 0.243 e. The minimum Gasteiger partial charge on any atom is -0.352 e. The largest absolute Gasteiger partial charge is 0.352 e. The van der Waals surface area contributed by atoms with Crippen molar-refractivity contribution in [2.75, 3.05) is 5.75 Å². The number of hydrogen-bond donors (Lipinski definition) is 1. The van der Waals surface area contributed by atoms with Crippen LogP contribution in [0.1, 0.15) is 50.2 Å². The van der Waals surface area contributed by atoms with E-state index >= 15 is 0 Å². The average Bonchev–Trinajstić information content (AvgIpc) is 3.28. The van der Waals surface area contributed by atoms with Gasteiger partial charge in [-0.05, 0) is 42.5 Å². The van der Waals surface area contributed by atoms with Crippen molar-refractivity contribution < 1.29 is 9.59 Å². The molecule has 0 saturated heterocycles. The third-order valence-corrected chi connectivity index (χ3v) is 7.21. The zero-order chi connectivity index (χ0) is 22.1. The molecule has 0 radical (unpaired) electrons. The highest BCUT2D eigenvalue weighted by atomic mass is 79.9. The van der Waals surface area contributed by atoms with Crippen molar-refractivity contribution in [2.24, 2.45) is 0 Å². The summed E-state index contributed by atoms with van der Waals surface area (Å²) in [5.41, 5.74) is 2.22. The van der Waals surface area contributed by atoms with Gasteiger partial charge < -0.3 is 10.2 Å². The Morgan fingerprint density at radius 3 is 2.39 bits per heavy atom. The van der Waals surface area contributed by atoms with Crippen LogP contribution in [0, 0.1) is 0 Å². The molecule has 31 heavy (non-hydrogen) atoms. The first-order chi connectivity index (χ1) is 15.1. The second-order valence-corrected chi connectivity index (χ2v) is 9.94. The third kappa shape index (κ3) is 7.39. The molecule has 1 N–H and O–H groups in total. The SMILES string of the molecule is CCC(C(=O)NC1CCCC1)N(Cc1ccccc1)C(=O)CSCc1ccc(Br)cc1. The molecule has 4 nitrogen and oxygen atoms in total. The van der Waals surface area contributed by atoms with Gasteiger partial charge in [-0.15, -0.1) is 11.8 Å². The Kier molecular flexibility index (Phi) is 9.47. The van der Waals surface area contributed by atoms with Gasteiger partial charge in [0.05, 0.1) is 5.75 Å². The predicted molar refractivity (Wildman–Crippen MR) is 132 cm³/mol. The number of hydrogen-bond acceptors (Lipinski definition) is 3. The molecule has 1 atom stereocenters. The summed E-state index contributed by atoms with van der Waals surface area (Å²) in [6, 6.07) is 17.9. The van der Waals surface area contributed by atoms with Crippen molar-refractivity contribution >= 4 is 39.5 Å². The molecule has 1 fully saturated rings. The molecule has 0 spiro atoms. The van der Waals surface area contributed by atoms with Gasteiger partial charge in [0, 0.05) is 22.8 Å². The van der Waals surface area contributed by atoms with Crippen molar-refractivity contribution in [3.8, 4) is 0 Å². The van der Waals surface area contributed by atoms with E-state index in [1.165, 1.54) is 18.4 Å². The van der Waals surface area contributed by atoms with Crippen LogP contribution in [-0.2, 0) is 21.9 Å². The number of carbonyl (C=O) groups is 2. The van der Waals surface area contributed by atoms with Crippen molar-refractivity contribution in [3.05, 3.63) is 70.2 Å². The molecule has 2 aromatic carbocycles. The average molecular weight is 504 g/mol. The van der Waals surface area contributed by atoms with Gasteiger partial charge >= 0.3 is 0 Å². The maximum absolute atomic E-state index is 13.3. The minimum absolute atomic E-state index is 0.0133. The Morgan fingerprint density at radius 2 is 1.74 bits per heavy atom. The van der Waals surface area contributed by atoms with E-state index in [4.69, 9.17) is 0 Å². The van der Waals surface area contributed by atoms with Gasteiger partial charge in [-0.25, -0.2) is 0 Å². The summed E-state index contributed by atoms with van der Waals surface area (Å²) < 4.78 is 1.05. The van der Waals surface area contributed by atoms with Gasteiger partial charge in [0.15, 0.2) is 0 Å². The molecule has 3 rings (SSSR count). The van der Waals surface area contributed by atoms with Crippen LogP contribution in [0.15, 0.2) is 59.1 Å². The Hall–Kier alpha value is -1.79. The first-order valence-corrected chi connectivity index (χ1v) is 13.0. The smallest absolute Gasteiger partial charge is 0.243 e. The van der Waals surface area contributed by atoms with Gasteiger partial charge in [0.1, 0.15) is 6.04 Å². The van der Waals surface area contributed by atoms with E-state index in [1.54, 1.807) is 16.7 Å². The monoisotopic (exact) mass is 502 g/mol. The Labute approximate surface area is 198 Å². The second-order valence-electron chi connectivity index (χ2n) is 8.04. The zero-order valence-electron chi connectivity index (χ0n) is 18.1. The van der Waals surface area contributed by atoms with E-state index in [-0.39, 0.29) is 17.9 Å². The number of carbonyl (C=O) groups excluding carboxylic acids is 2. The molecule has 0 aliphatic heterocycles. The summed E-state index contributed by atoms with van der Waals surface area (Å²) in [5.74, 6) is 1.12. The van der Waals surface area contributed by atoms with Gasteiger partial charge in [0.2, 0.25) is 11.8 Å². The van der Waals surface area contributed by atoms with Gasteiger partial charge in [-0.3, -0.25) is 9.59 Å². The Balaban J connectivity index is 1.66. The lowest BCUT2D eigenvalue weighted by atomic mass is 10.1. The number of amides is 2. The third-order valence-electron chi connectivity index (χ3n) is 5.69. The second kappa shape index (κ2) is 12.3. The zero-order valence-corrected chi connectivity index (χ0v) is 20.5. The van der Waals surface area contributed by atoms with Gasteiger partial charge in [0.25, 0.3) is 0 Å². The van der Waals surface area contributed by atoms with Crippen molar-refractivity contribution in [3.63, 3.8) is 0 Å². The number of nitrogens with one attached hydrogen (secondary N) is 1. The molecular weight excluding hydrogens is 472 g/mol. The first-order valence-electron chi connectivity index (χ1n) is 11.0. The van der Waals surface area contributed by atoms with Crippen LogP contribution < -0.4 is 5.32 Å². The molecule has 1 saturated carbocycles. The first kappa shape index (κ1) is 23.9. The Morgan fingerprint density at radius 1 is 1.06 bits per heavy atom. The number of halogens is 1. The summed E-state index contributed by atoms with van der Waals surface area (Å²) >= 11 is 5.04. The molecule has 2 aromatic rings. The molecule has 1 unspecified atom stereocenters. The molecule has 6 heteroatoms. The fraction of sp³-hybridized carbons (Fsp3) is 0.440. The molecular formula is C25H31BrN2O2S. The quantitative estimate of drug-likeness (QED) is 0.463. The number of benzene rings is 2. The number of rotatable bonds is 10. The summed E-state index contributed by atoms with van der Waals surface area (Å²) in [6.07, 6.45) is 5.02. The summed E-state index contributed by atoms with van der Waals surface area (Å²) in [4.78, 5) is 28.1. The van der Waals surface area contributed by atoms with Crippen LogP contribution in [0.4, 0.5) is 0 Å². The highest BCUT2D eigenvalue weighted by Crippen LogP contribution is 2.21. The fourth-order valence-corrected chi connectivity index (χ4v) is 5.12. The predicted octanol–water partition coefficient (Wildman–Crippen LogP) is 5.55. The van der Waals surface area contributed by atoms with Crippen LogP contribution >= 0.6 is 27.7 Å². The van der Waals surface area contributed by atoms with Gasteiger partial charge in [-0.2, -0.15) is 0 Å². The summed E-state index contributed by atoms with van der Waals surface area (Å²) in [6.45, 7) is 2.44. The molecule has 166 valence electrons. The summed E-state index contributed by atoms with van der Waals surface area (Å²) in [5, 5.41) is 3.19. The highest BCUT2D eigenvalue weighted by Gasteiger charge is 2.30. The minimum atomic E-state index is -0.443. The van der Waals surface area contributed by atoms with Crippen molar-refractivity contribution in [2.45, 2.75) is 63.4 Å². The van der Waals surface area contributed by atoms with Crippen LogP contribution in [-0.4, -0.2) is 34.6 Å². The van der Waals surface area contributed by atoms with Crippen LogP contribution in [0.3, 0.4) is 0 Å². The van der Waals surface area contributed by atoms with E-state index in [9.17, 15) is 9.59 Å². The fourth-order valence-electron chi connectivity index (χ4n) is 3.99. The van der Waals surface area contributed by atoms with E-state index in [2.05, 4.69) is 33.4 Å². The van der Waals surface area contributed by atoms with E-state index in [0.717, 1.165) is 28.6 Å². The van der Waals surface area contributed by atoms with Crippen molar-refractivity contribution in [1.29, 1.82) is 0 Å². The molecule has 0 bridgehead atoms. The van der Waals surface area contributed by atoms with Crippen molar-refractivity contribution in [1.82, 2.24) is 10.2 Å². The van der Waals surface area contributed by atoms with E-state index in [1.807, 2.05) is 49.4 Å². The van der Waals surface area contributed by atoms with Crippen LogP contribution in [0.25, 0.3) is 0 Å². The lowest BCUT2D eigenvalue weighted by Gasteiger charge is -2.31. The standard InChI is InChI=1S/C25H31BrN2O2S/c1-2-23(25(30)27-22-10-6-7-11-22)28(16-19-8-4-3-5-9-19)24(29)18-31-17-20-12-14-21(26)15-13-20/h3-5,8-9,12-15,22-23H,2,6-7,10-11,16-18H2,1H3,(H,27,30). The molecule has 2 amide bonds. The maximum atomic E-state index is 13.3. The normalized spacial score (nSPS) is 14.9. The molecule has 0 heterocycles. The number of thioether (sulfide) groups is 1. The van der Waals surface area contributed by atoms with Crippen LogP contribution in [0.2, 0.25) is 0 Å². The molecule has 0 aromatic heterocycles. The van der Waals surface area contributed by atoms with Crippen LogP contribution in [0.5, 0.6) is 0 Å². The lowest BCUT2D eigenvalue weighted by molar-refractivity contribution is -0.139. The lowest BCUT2D eigenvalue weighted by Crippen LogP contribution is -2.51. The molecule has 1 aliphatic rings. The summed E-state index contributed by atoms with van der Waals surface area (Å²) in [7, 11) is 0. The number of nitrogens with zero attached hydrogens (tertiary/aromatic N) is 1. The van der Waals surface area contributed by atoms with E-state index in [0.29, 0.717) is 18.7 Å². The van der Waals surface area contributed by atoms with Gasteiger partial charge in [-0.1, -0.05) is 78.2 Å².